The number of aryl methyl sites for hydroxylation is 1. The van der Waals surface area contributed by atoms with Crippen LogP contribution in [0.5, 0.6) is 5.75 Å². The summed E-state index contributed by atoms with van der Waals surface area (Å²) in [5, 5.41) is 0. The average molecular weight is 290 g/mol. The molecule has 106 valence electrons. The molecule has 0 spiro atoms. The van der Waals surface area contributed by atoms with Crippen molar-refractivity contribution in [3.8, 4) is 5.75 Å². The van der Waals surface area contributed by atoms with Gasteiger partial charge in [-0.2, -0.15) is 0 Å². The van der Waals surface area contributed by atoms with Gasteiger partial charge < -0.3 is 4.74 Å². The highest BCUT2D eigenvalue weighted by Crippen LogP contribution is 2.17. The van der Waals surface area contributed by atoms with Gasteiger partial charge in [0.05, 0.1) is 4.90 Å². The van der Waals surface area contributed by atoms with E-state index in [0.717, 1.165) is 12.0 Å². The lowest BCUT2D eigenvalue weighted by Gasteiger charge is -2.07. The van der Waals surface area contributed by atoms with E-state index >= 15 is 0 Å². The SMILES string of the molecule is CCc1ccc(COc2ccc(S(C)(=O)=O)cc2)cc1. The van der Waals surface area contributed by atoms with E-state index in [4.69, 9.17) is 4.74 Å². The Morgan fingerprint density at radius 2 is 1.45 bits per heavy atom. The summed E-state index contributed by atoms with van der Waals surface area (Å²) in [5.41, 5.74) is 2.39. The van der Waals surface area contributed by atoms with Gasteiger partial charge in [-0.05, 0) is 41.8 Å². The van der Waals surface area contributed by atoms with Gasteiger partial charge in [0.15, 0.2) is 9.84 Å². The molecule has 0 aromatic heterocycles. The molecule has 2 aromatic rings. The van der Waals surface area contributed by atoms with E-state index in [1.807, 2.05) is 12.1 Å². The molecule has 0 bridgehead atoms. The smallest absolute Gasteiger partial charge is 0.175 e. The summed E-state index contributed by atoms with van der Waals surface area (Å²) in [4.78, 5) is 0.303. The fourth-order valence-corrected chi connectivity index (χ4v) is 2.45. The minimum atomic E-state index is -3.15. The summed E-state index contributed by atoms with van der Waals surface area (Å²) in [7, 11) is -3.15. The van der Waals surface area contributed by atoms with E-state index in [1.54, 1.807) is 24.3 Å². The third kappa shape index (κ3) is 3.84. The topological polar surface area (TPSA) is 43.4 Å². The average Bonchev–Trinajstić information content (AvgIpc) is 2.45. The molecular formula is C16H18O3S. The highest BCUT2D eigenvalue weighted by Gasteiger charge is 2.06. The molecule has 0 aliphatic heterocycles. The summed E-state index contributed by atoms with van der Waals surface area (Å²) in [6, 6.07) is 14.7. The highest BCUT2D eigenvalue weighted by molar-refractivity contribution is 7.90. The highest BCUT2D eigenvalue weighted by atomic mass is 32.2. The molecule has 0 amide bonds. The maximum absolute atomic E-state index is 11.3. The van der Waals surface area contributed by atoms with Crippen LogP contribution in [-0.4, -0.2) is 14.7 Å². The van der Waals surface area contributed by atoms with Crippen molar-refractivity contribution >= 4 is 9.84 Å². The van der Waals surface area contributed by atoms with Crippen molar-refractivity contribution in [2.24, 2.45) is 0 Å². The first kappa shape index (κ1) is 14.6. The van der Waals surface area contributed by atoms with Crippen molar-refractivity contribution in [3.63, 3.8) is 0 Å². The van der Waals surface area contributed by atoms with Crippen LogP contribution in [0.1, 0.15) is 18.1 Å². The lowest BCUT2D eigenvalue weighted by atomic mass is 10.1. The normalized spacial score (nSPS) is 11.3. The Hall–Kier alpha value is -1.81. The largest absolute Gasteiger partial charge is 0.489 e. The second-order valence-electron chi connectivity index (χ2n) is 4.70. The molecule has 0 saturated carbocycles. The van der Waals surface area contributed by atoms with Crippen molar-refractivity contribution in [3.05, 3.63) is 59.7 Å². The zero-order valence-corrected chi connectivity index (χ0v) is 12.5. The molecule has 0 heterocycles. The number of rotatable bonds is 5. The van der Waals surface area contributed by atoms with E-state index in [9.17, 15) is 8.42 Å². The Labute approximate surface area is 120 Å². The van der Waals surface area contributed by atoms with Crippen LogP contribution in [0.2, 0.25) is 0 Å². The van der Waals surface area contributed by atoms with Crippen LogP contribution in [0.15, 0.2) is 53.4 Å². The van der Waals surface area contributed by atoms with Crippen molar-refractivity contribution < 1.29 is 13.2 Å². The molecule has 2 rings (SSSR count). The van der Waals surface area contributed by atoms with Crippen LogP contribution in [-0.2, 0) is 22.9 Å². The third-order valence-electron chi connectivity index (χ3n) is 3.09. The zero-order chi connectivity index (χ0) is 14.6. The molecular weight excluding hydrogens is 272 g/mol. The second kappa shape index (κ2) is 6.09. The zero-order valence-electron chi connectivity index (χ0n) is 11.7. The first-order valence-corrected chi connectivity index (χ1v) is 8.39. The Bertz CT molecular complexity index is 656. The number of hydrogen-bond acceptors (Lipinski definition) is 3. The van der Waals surface area contributed by atoms with Crippen molar-refractivity contribution in [2.75, 3.05) is 6.26 Å². The van der Waals surface area contributed by atoms with Crippen LogP contribution < -0.4 is 4.74 Å². The van der Waals surface area contributed by atoms with Gasteiger partial charge in [-0.1, -0.05) is 31.2 Å². The van der Waals surface area contributed by atoms with E-state index in [2.05, 4.69) is 19.1 Å². The molecule has 0 atom stereocenters. The van der Waals surface area contributed by atoms with Crippen molar-refractivity contribution in [2.45, 2.75) is 24.8 Å². The van der Waals surface area contributed by atoms with Gasteiger partial charge in [-0.15, -0.1) is 0 Å². The fourth-order valence-electron chi connectivity index (χ4n) is 1.82. The van der Waals surface area contributed by atoms with Crippen LogP contribution in [0.3, 0.4) is 0 Å². The van der Waals surface area contributed by atoms with Gasteiger partial charge in [0.2, 0.25) is 0 Å². The number of ether oxygens (including phenoxy) is 1. The Morgan fingerprint density at radius 3 is 1.95 bits per heavy atom. The number of hydrogen-bond donors (Lipinski definition) is 0. The summed E-state index contributed by atoms with van der Waals surface area (Å²) in [5.74, 6) is 0.664. The molecule has 0 unspecified atom stereocenters. The van der Waals surface area contributed by atoms with Crippen LogP contribution in [0, 0.1) is 0 Å². The van der Waals surface area contributed by atoms with E-state index in [1.165, 1.54) is 11.8 Å². The van der Waals surface area contributed by atoms with Crippen LogP contribution >= 0.6 is 0 Å². The molecule has 0 N–H and O–H groups in total. The fraction of sp³-hybridized carbons (Fsp3) is 0.250. The minimum Gasteiger partial charge on any atom is -0.489 e. The first-order valence-electron chi connectivity index (χ1n) is 6.50. The van der Waals surface area contributed by atoms with Gasteiger partial charge in [0.1, 0.15) is 12.4 Å². The Morgan fingerprint density at radius 1 is 0.900 bits per heavy atom. The van der Waals surface area contributed by atoms with Gasteiger partial charge >= 0.3 is 0 Å². The van der Waals surface area contributed by atoms with Crippen molar-refractivity contribution in [1.29, 1.82) is 0 Å². The standard InChI is InChI=1S/C16H18O3S/c1-3-13-4-6-14(7-5-13)12-19-15-8-10-16(11-9-15)20(2,17)18/h4-11H,3,12H2,1-2H3. The summed E-state index contributed by atoms with van der Waals surface area (Å²) >= 11 is 0. The van der Waals surface area contributed by atoms with Gasteiger partial charge in [0.25, 0.3) is 0 Å². The summed E-state index contributed by atoms with van der Waals surface area (Å²) in [6.07, 6.45) is 2.21. The lowest BCUT2D eigenvalue weighted by molar-refractivity contribution is 0.306. The molecule has 0 radical (unpaired) electrons. The van der Waals surface area contributed by atoms with Crippen LogP contribution in [0.4, 0.5) is 0 Å². The quantitative estimate of drug-likeness (QED) is 0.849. The molecule has 0 aliphatic rings. The third-order valence-corrected chi connectivity index (χ3v) is 4.22. The Kier molecular flexibility index (Phi) is 4.45. The van der Waals surface area contributed by atoms with Gasteiger partial charge in [-0.3, -0.25) is 0 Å². The molecule has 20 heavy (non-hydrogen) atoms. The Balaban J connectivity index is 2.00. The molecule has 4 heteroatoms. The van der Waals surface area contributed by atoms with E-state index in [-0.39, 0.29) is 0 Å². The van der Waals surface area contributed by atoms with E-state index in [0.29, 0.717) is 17.3 Å². The number of benzene rings is 2. The first-order chi connectivity index (χ1) is 9.49. The predicted molar refractivity (Wildman–Crippen MR) is 79.7 cm³/mol. The molecule has 2 aromatic carbocycles. The summed E-state index contributed by atoms with van der Waals surface area (Å²) in [6.45, 7) is 2.59. The van der Waals surface area contributed by atoms with Gasteiger partial charge in [-0.25, -0.2) is 8.42 Å². The molecule has 0 saturated heterocycles. The maximum Gasteiger partial charge on any atom is 0.175 e. The van der Waals surface area contributed by atoms with E-state index < -0.39 is 9.84 Å². The molecule has 0 fully saturated rings. The molecule has 3 nitrogen and oxygen atoms in total. The van der Waals surface area contributed by atoms with Crippen molar-refractivity contribution in [1.82, 2.24) is 0 Å². The number of sulfone groups is 1. The monoisotopic (exact) mass is 290 g/mol. The lowest BCUT2D eigenvalue weighted by Crippen LogP contribution is -1.98. The second-order valence-corrected chi connectivity index (χ2v) is 6.72. The predicted octanol–water partition coefficient (Wildman–Crippen LogP) is 3.23. The van der Waals surface area contributed by atoms with Crippen LogP contribution in [0.25, 0.3) is 0 Å². The van der Waals surface area contributed by atoms with Gasteiger partial charge in [0, 0.05) is 6.26 Å². The minimum absolute atomic E-state index is 0.303. The summed E-state index contributed by atoms with van der Waals surface area (Å²) < 4.78 is 28.3. The molecule has 0 aliphatic carbocycles. The maximum atomic E-state index is 11.3.